The first kappa shape index (κ1) is 7.86. The second-order valence-electron chi connectivity index (χ2n) is 3.52. The highest BCUT2D eigenvalue weighted by molar-refractivity contribution is 5.66. The summed E-state index contributed by atoms with van der Waals surface area (Å²) in [6.45, 7) is 3.03. The molecule has 1 aliphatic carbocycles. The standard InChI is InChI=1S/C8H14N2O2/c1-12-8(11)10-4-7-5-2-9-3-6(5)7/h5-7,9H,2-4H2,1H3,(H,10,11). The van der Waals surface area contributed by atoms with Crippen molar-refractivity contribution in [3.05, 3.63) is 0 Å². The lowest BCUT2D eigenvalue weighted by atomic mass is 10.3. The monoisotopic (exact) mass is 170 g/mol. The van der Waals surface area contributed by atoms with E-state index in [0.717, 1.165) is 31.5 Å². The lowest BCUT2D eigenvalue weighted by Crippen LogP contribution is -2.28. The van der Waals surface area contributed by atoms with Crippen molar-refractivity contribution >= 4 is 6.09 Å². The summed E-state index contributed by atoms with van der Waals surface area (Å²) in [5.74, 6) is 2.31. The van der Waals surface area contributed by atoms with Crippen LogP contribution in [0.15, 0.2) is 0 Å². The molecule has 1 heterocycles. The normalized spacial score (nSPS) is 37.2. The van der Waals surface area contributed by atoms with Crippen LogP contribution >= 0.6 is 0 Å². The van der Waals surface area contributed by atoms with Crippen molar-refractivity contribution in [1.82, 2.24) is 10.6 Å². The first-order chi connectivity index (χ1) is 5.83. The third-order valence-electron chi connectivity index (χ3n) is 2.94. The van der Waals surface area contributed by atoms with Crippen LogP contribution in [0.5, 0.6) is 0 Å². The van der Waals surface area contributed by atoms with Gasteiger partial charge in [-0.25, -0.2) is 4.79 Å². The molecule has 2 aliphatic rings. The second kappa shape index (κ2) is 2.94. The quantitative estimate of drug-likeness (QED) is 0.604. The van der Waals surface area contributed by atoms with Crippen LogP contribution in [0.3, 0.4) is 0 Å². The molecule has 68 valence electrons. The highest BCUT2D eigenvalue weighted by Gasteiger charge is 2.52. The summed E-state index contributed by atoms with van der Waals surface area (Å²) in [4.78, 5) is 10.7. The summed E-state index contributed by atoms with van der Waals surface area (Å²) < 4.78 is 4.48. The molecule has 12 heavy (non-hydrogen) atoms. The Hall–Kier alpha value is -0.770. The van der Waals surface area contributed by atoms with Crippen molar-refractivity contribution in [1.29, 1.82) is 0 Å². The van der Waals surface area contributed by atoms with Gasteiger partial charge in [0.15, 0.2) is 0 Å². The highest BCUT2D eigenvalue weighted by atomic mass is 16.5. The molecular weight excluding hydrogens is 156 g/mol. The topological polar surface area (TPSA) is 50.4 Å². The van der Waals surface area contributed by atoms with E-state index < -0.39 is 0 Å². The zero-order chi connectivity index (χ0) is 8.55. The number of carbonyl (C=O) groups excluding carboxylic acids is 1. The largest absolute Gasteiger partial charge is 0.453 e. The molecule has 1 saturated heterocycles. The molecule has 2 atom stereocenters. The number of carbonyl (C=O) groups is 1. The van der Waals surface area contributed by atoms with E-state index >= 15 is 0 Å². The van der Waals surface area contributed by atoms with Crippen LogP contribution in [0.2, 0.25) is 0 Å². The van der Waals surface area contributed by atoms with E-state index in [1.54, 1.807) is 0 Å². The molecular formula is C8H14N2O2. The van der Waals surface area contributed by atoms with Gasteiger partial charge < -0.3 is 15.4 Å². The smallest absolute Gasteiger partial charge is 0.406 e. The van der Waals surface area contributed by atoms with Gasteiger partial charge >= 0.3 is 6.09 Å². The van der Waals surface area contributed by atoms with Gasteiger partial charge in [-0.05, 0) is 30.8 Å². The van der Waals surface area contributed by atoms with E-state index in [-0.39, 0.29) is 6.09 Å². The molecule has 1 aliphatic heterocycles. The molecule has 4 nitrogen and oxygen atoms in total. The molecule has 2 rings (SSSR count). The molecule has 0 aromatic rings. The van der Waals surface area contributed by atoms with Gasteiger partial charge in [0.05, 0.1) is 7.11 Å². The number of rotatable bonds is 2. The van der Waals surface area contributed by atoms with Gasteiger partial charge in [-0.3, -0.25) is 0 Å². The van der Waals surface area contributed by atoms with Crippen LogP contribution in [0.1, 0.15) is 0 Å². The number of alkyl carbamates (subject to hydrolysis) is 1. The molecule has 0 bridgehead atoms. The van der Waals surface area contributed by atoms with Gasteiger partial charge in [0.1, 0.15) is 0 Å². The molecule has 0 radical (unpaired) electrons. The molecule has 1 saturated carbocycles. The minimum atomic E-state index is -0.312. The maximum atomic E-state index is 10.7. The number of ether oxygens (including phenoxy) is 1. The van der Waals surface area contributed by atoms with Crippen molar-refractivity contribution < 1.29 is 9.53 Å². The Morgan fingerprint density at radius 1 is 1.58 bits per heavy atom. The van der Waals surface area contributed by atoms with Gasteiger partial charge in [0.25, 0.3) is 0 Å². The van der Waals surface area contributed by atoms with Crippen LogP contribution in [0, 0.1) is 17.8 Å². The van der Waals surface area contributed by atoms with Crippen molar-refractivity contribution in [3.63, 3.8) is 0 Å². The van der Waals surface area contributed by atoms with E-state index in [2.05, 4.69) is 15.4 Å². The van der Waals surface area contributed by atoms with Crippen LogP contribution in [-0.2, 0) is 4.74 Å². The second-order valence-corrected chi connectivity index (χ2v) is 3.52. The Balaban J connectivity index is 1.67. The van der Waals surface area contributed by atoms with Crippen molar-refractivity contribution in [2.24, 2.45) is 17.8 Å². The summed E-state index contributed by atoms with van der Waals surface area (Å²) in [5, 5.41) is 6.04. The molecule has 0 spiro atoms. The lowest BCUT2D eigenvalue weighted by molar-refractivity contribution is 0.170. The van der Waals surface area contributed by atoms with Crippen LogP contribution in [0.4, 0.5) is 4.79 Å². The van der Waals surface area contributed by atoms with Crippen molar-refractivity contribution in [2.75, 3.05) is 26.7 Å². The first-order valence-corrected chi connectivity index (χ1v) is 4.35. The summed E-state index contributed by atoms with van der Waals surface area (Å²) >= 11 is 0. The number of nitrogens with one attached hydrogen (secondary N) is 2. The summed E-state index contributed by atoms with van der Waals surface area (Å²) in [6, 6.07) is 0. The molecule has 1 amide bonds. The molecule has 2 fully saturated rings. The molecule has 2 unspecified atom stereocenters. The average Bonchev–Trinajstić information content (AvgIpc) is 2.55. The van der Waals surface area contributed by atoms with Gasteiger partial charge in [-0.15, -0.1) is 0 Å². The highest BCUT2D eigenvalue weighted by Crippen LogP contribution is 2.47. The van der Waals surface area contributed by atoms with Crippen molar-refractivity contribution in [2.45, 2.75) is 0 Å². The number of fused-ring (bicyclic) bond motifs is 1. The number of methoxy groups -OCH3 is 1. The predicted molar refractivity (Wildman–Crippen MR) is 43.7 cm³/mol. The van der Waals surface area contributed by atoms with E-state index in [9.17, 15) is 4.79 Å². The molecule has 0 aromatic carbocycles. The van der Waals surface area contributed by atoms with E-state index in [1.165, 1.54) is 7.11 Å². The Bertz CT molecular complexity index is 185. The van der Waals surface area contributed by atoms with Gasteiger partial charge in [0, 0.05) is 6.54 Å². The third-order valence-corrected chi connectivity index (χ3v) is 2.94. The van der Waals surface area contributed by atoms with Crippen molar-refractivity contribution in [3.8, 4) is 0 Å². The fraction of sp³-hybridized carbons (Fsp3) is 0.875. The number of hydrogen-bond acceptors (Lipinski definition) is 3. The summed E-state index contributed by atoms with van der Waals surface area (Å²) in [7, 11) is 1.39. The number of piperidine rings is 1. The predicted octanol–water partition coefficient (Wildman–Crippen LogP) is -0.192. The number of amides is 1. The zero-order valence-corrected chi connectivity index (χ0v) is 7.17. The average molecular weight is 170 g/mol. The lowest BCUT2D eigenvalue weighted by Gasteiger charge is -2.05. The Kier molecular flexibility index (Phi) is 1.92. The fourth-order valence-electron chi connectivity index (χ4n) is 2.12. The van der Waals surface area contributed by atoms with E-state index in [1.807, 2.05) is 0 Å². The minimum Gasteiger partial charge on any atom is -0.453 e. The van der Waals surface area contributed by atoms with Gasteiger partial charge in [-0.2, -0.15) is 0 Å². The van der Waals surface area contributed by atoms with Gasteiger partial charge in [-0.1, -0.05) is 0 Å². The molecule has 0 aromatic heterocycles. The Labute approximate surface area is 71.7 Å². The first-order valence-electron chi connectivity index (χ1n) is 4.35. The maximum Gasteiger partial charge on any atom is 0.406 e. The molecule has 4 heteroatoms. The molecule has 2 N–H and O–H groups in total. The number of hydrogen-bond donors (Lipinski definition) is 2. The fourth-order valence-corrected chi connectivity index (χ4v) is 2.12. The summed E-state index contributed by atoms with van der Waals surface area (Å²) in [6.07, 6.45) is -0.312. The van der Waals surface area contributed by atoms with E-state index in [4.69, 9.17) is 0 Å². The van der Waals surface area contributed by atoms with Crippen LogP contribution in [-0.4, -0.2) is 32.8 Å². The Morgan fingerprint density at radius 3 is 2.83 bits per heavy atom. The maximum absolute atomic E-state index is 10.7. The zero-order valence-electron chi connectivity index (χ0n) is 7.17. The van der Waals surface area contributed by atoms with Crippen LogP contribution in [0.25, 0.3) is 0 Å². The van der Waals surface area contributed by atoms with Crippen LogP contribution < -0.4 is 10.6 Å². The summed E-state index contributed by atoms with van der Waals surface area (Å²) in [5.41, 5.74) is 0. The minimum absolute atomic E-state index is 0.312. The third kappa shape index (κ3) is 1.27. The Morgan fingerprint density at radius 2 is 2.25 bits per heavy atom. The van der Waals surface area contributed by atoms with Gasteiger partial charge in [0.2, 0.25) is 0 Å². The SMILES string of the molecule is COC(=O)NCC1C2CNCC21. The van der Waals surface area contributed by atoms with E-state index in [0.29, 0.717) is 5.92 Å².